The highest BCUT2D eigenvalue weighted by molar-refractivity contribution is 6.53. The zero-order chi connectivity index (χ0) is 17.4. The second-order valence-corrected chi connectivity index (χ2v) is 5.74. The lowest BCUT2D eigenvalue weighted by Gasteiger charge is -2.28. The summed E-state index contributed by atoms with van der Waals surface area (Å²) >= 11 is 0. The summed E-state index contributed by atoms with van der Waals surface area (Å²) in [4.78, 5) is 11.2. The molecule has 2 atom stereocenters. The van der Waals surface area contributed by atoms with E-state index < -0.39 is 5.97 Å². The number of carbonyl (C=O) groups is 1. The van der Waals surface area contributed by atoms with E-state index >= 15 is 0 Å². The number of methoxy groups -OCH3 is 1. The molecular formula is C17H28BNO4. The zero-order valence-electron chi connectivity index (χ0n) is 14.8. The fourth-order valence-corrected chi connectivity index (χ4v) is 2.77. The van der Waals surface area contributed by atoms with Gasteiger partial charge in [0, 0.05) is 20.2 Å². The Balaban J connectivity index is 3.04. The second-order valence-electron chi connectivity index (χ2n) is 5.74. The van der Waals surface area contributed by atoms with Gasteiger partial charge in [0.2, 0.25) is 0 Å². The van der Waals surface area contributed by atoms with Crippen LogP contribution >= 0.6 is 0 Å². The van der Waals surface area contributed by atoms with Gasteiger partial charge in [0.15, 0.2) is 0 Å². The van der Waals surface area contributed by atoms with Crippen LogP contribution in [0.3, 0.4) is 0 Å². The largest absolute Gasteiger partial charge is 0.478 e. The van der Waals surface area contributed by atoms with Crippen molar-refractivity contribution in [3.05, 3.63) is 34.9 Å². The summed E-state index contributed by atoms with van der Waals surface area (Å²) in [5.41, 5.74) is 2.41. The van der Waals surface area contributed by atoms with E-state index in [9.17, 15) is 9.90 Å². The maximum absolute atomic E-state index is 11.2. The number of aromatic carboxylic acids is 1. The molecule has 5 nitrogen and oxygen atoms in total. The highest BCUT2D eigenvalue weighted by Crippen LogP contribution is 2.16. The van der Waals surface area contributed by atoms with E-state index in [1.54, 1.807) is 26.4 Å². The topological polar surface area (TPSA) is 67.8 Å². The Morgan fingerprint density at radius 1 is 1.35 bits per heavy atom. The Labute approximate surface area is 139 Å². The average Bonchev–Trinajstić information content (AvgIpc) is 2.54. The molecule has 0 aromatic heterocycles. The van der Waals surface area contributed by atoms with Crippen molar-refractivity contribution in [1.82, 2.24) is 5.32 Å². The Hall–Kier alpha value is -1.37. The summed E-state index contributed by atoms with van der Waals surface area (Å²) in [5.74, 6) is -0.851. The van der Waals surface area contributed by atoms with Crippen molar-refractivity contribution in [2.24, 2.45) is 0 Å². The molecule has 1 unspecified atom stereocenters. The summed E-state index contributed by atoms with van der Waals surface area (Å²) < 4.78 is 11.0. The molecule has 23 heavy (non-hydrogen) atoms. The van der Waals surface area contributed by atoms with E-state index in [0.29, 0.717) is 12.0 Å². The van der Waals surface area contributed by atoms with Crippen LogP contribution in [-0.2, 0) is 15.8 Å². The fourth-order valence-electron chi connectivity index (χ4n) is 2.77. The lowest BCUT2D eigenvalue weighted by molar-refractivity contribution is 0.0655. The van der Waals surface area contributed by atoms with Crippen LogP contribution in [0.1, 0.15) is 41.8 Å². The van der Waals surface area contributed by atoms with Crippen molar-refractivity contribution in [2.75, 3.05) is 14.2 Å². The molecule has 0 aliphatic heterocycles. The van der Waals surface area contributed by atoms with Crippen molar-refractivity contribution in [2.45, 2.75) is 52.1 Å². The quantitative estimate of drug-likeness (QED) is 0.512. The van der Waals surface area contributed by atoms with E-state index in [-0.39, 0.29) is 19.1 Å². The molecule has 0 saturated carbocycles. The Morgan fingerprint density at radius 2 is 2.04 bits per heavy atom. The van der Waals surface area contributed by atoms with Crippen LogP contribution in [0, 0.1) is 6.92 Å². The number of carboxylic acid groups (broad SMARTS) is 1. The summed E-state index contributed by atoms with van der Waals surface area (Å²) in [7, 11) is 3.39. The monoisotopic (exact) mass is 321 g/mol. The third-order valence-electron chi connectivity index (χ3n) is 4.25. The third-order valence-corrected chi connectivity index (χ3v) is 4.25. The molecule has 2 N–H and O–H groups in total. The van der Waals surface area contributed by atoms with E-state index in [2.05, 4.69) is 19.2 Å². The maximum Gasteiger partial charge on any atom is 0.335 e. The standard InChI is InChI=1S/C17H28BNO4/c1-6-16(22-4)19-15(18(7-2)23-5)11-14-10-13(17(20)21)9-8-12(14)3/h8-10,15-16,19H,6-7,11H2,1-5H3,(H,20,21)/t15-,16?/m0/s1. The number of nitrogens with one attached hydrogen (secondary N) is 1. The van der Waals surface area contributed by atoms with E-state index in [1.807, 2.05) is 13.0 Å². The molecule has 0 aliphatic rings. The molecule has 6 heteroatoms. The number of benzene rings is 1. The van der Waals surface area contributed by atoms with Gasteiger partial charge in [-0.25, -0.2) is 4.79 Å². The summed E-state index contributed by atoms with van der Waals surface area (Å²) in [6, 6.07) is 5.25. The molecule has 0 saturated heterocycles. The minimum absolute atomic E-state index is 0.0343. The second kappa shape index (κ2) is 9.70. The molecule has 0 amide bonds. The molecule has 0 spiro atoms. The van der Waals surface area contributed by atoms with Gasteiger partial charge in [0.1, 0.15) is 6.23 Å². The average molecular weight is 321 g/mol. The number of carboxylic acids is 1. The number of hydrogen-bond acceptors (Lipinski definition) is 4. The summed E-state index contributed by atoms with van der Waals surface area (Å²) in [6.07, 6.45) is 2.36. The van der Waals surface area contributed by atoms with E-state index in [0.717, 1.165) is 23.9 Å². The van der Waals surface area contributed by atoms with Crippen LogP contribution < -0.4 is 5.32 Å². The van der Waals surface area contributed by atoms with Crippen molar-refractivity contribution < 1.29 is 19.3 Å². The molecule has 0 bridgehead atoms. The van der Waals surface area contributed by atoms with Crippen molar-refractivity contribution >= 4 is 12.9 Å². The van der Waals surface area contributed by atoms with Gasteiger partial charge in [0.25, 0.3) is 0 Å². The van der Waals surface area contributed by atoms with Crippen LogP contribution in [0.15, 0.2) is 18.2 Å². The number of rotatable bonds is 10. The minimum atomic E-state index is -0.905. The van der Waals surface area contributed by atoms with Crippen LogP contribution in [0.25, 0.3) is 0 Å². The Kier molecular flexibility index (Phi) is 8.30. The van der Waals surface area contributed by atoms with E-state index in [1.165, 1.54) is 0 Å². The number of hydrogen-bond donors (Lipinski definition) is 2. The van der Waals surface area contributed by atoms with Crippen molar-refractivity contribution in [3.63, 3.8) is 0 Å². The van der Waals surface area contributed by atoms with Gasteiger partial charge in [-0.2, -0.15) is 0 Å². The van der Waals surface area contributed by atoms with Gasteiger partial charge in [-0.05, 0) is 49.3 Å². The molecule has 0 aliphatic carbocycles. The van der Waals surface area contributed by atoms with Crippen molar-refractivity contribution in [3.8, 4) is 0 Å². The van der Waals surface area contributed by atoms with E-state index in [4.69, 9.17) is 9.39 Å². The van der Waals surface area contributed by atoms with Crippen LogP contribution in [0.2, 0.25) is 6.32 Å². The summed E-state index contributed by atoms with van der Waals surface area (Å²) in [6.45, 7) is 6.17. The van der Waals surface area contributed by atoms with Crippen LogP contribution in [-0.4, -0.2) is 44.4 Å². The molecule has 0 fully saturated rings. The molecule has 0 heterocycles. The van der Waals surface area contributed by atoms with Gasteiger partial charge < -0.3 is 14.5 Å². The lowest BCUT2D eigenvalue weighted by Crippen LogP contribution is -2.50. The first-order valence-electron chi connectivity index (χ1n) is 8.11. The predicted molar refractivity (Wildman–Crippen MR) is 93.1 cm³/mol. The van der Waals surface area contributed by atoms with Gasteiger partial charge in [-0.3, -0.25) is 5.32 Å². The van der Waals surface area contributed by atoms with Crippen molar-refractivity contribution in [1.29, 1.82) is 0 Å². The normalized spacial score (nSPS) is 13.6. The molecule has 1 aromatic carbocycles. The fraction of sp³-hybridized carbons (Fsp3) is 0.588. The molecular weight excluding hydrogens is 293 g/mol. The zero-order valence-corrected chi connectivity index (χ0v) is 14.8. The molecule has 1 rings (SSSR count). The highest BCUT2D eigenvalue weighted by atomic mass is 16.5. The first kappa shape index (κ1) is 19.7. The SMILES string of the molecule is CCB(OC)[C@H](Cc1cc(C(=O)O)ccc1C)NC(CC)OC. The Morgan fingerprint density at radius 3 is 2.52 bits per heavy atom. The van der Waals surface area contributed by atoms with Gasteiger partial charge in [0.05, 0.1) is 5.56 Å². The van der Waals surface area contributed by atoms with Gasteiger partial charge in [-0.15, -0.1) is 0 Å². The first-order chi connectivity index (χ1) is 11.0. The molecule has 0 radical (unpaired) electrons. The minimum Gasteiger partial charge on any atom is -0.478 e. The van der Waals surface area contributed by atoms with Crippen LogP contribution in [0.5, 0.6) is 0 Å². The smallest absolute Gasteiger partial charge is 0.335 e. The van der Waals surface area contributed by atoms with Gasteiger partial charge >= 0.3 is 12.9 Å². The lowest BCUT2D eigenvalue weighted by atomic mass is 9.56. The highest BCUT2D eigenvalue weighted by Gasteiger charge is 2.27. The Bertz CT molecular complexity index is 501. The number of aryl methyl sites for hydroxylation is 1. The van der Waals surface area contributed by atoms with Gasteiger partial charge in [-0.1, -0.05) is 19.9 Å². The first-order valence-corrected chi connectivity index (χ1v) is 8.11. The third kappa shape index (κ3) is 5.64. The number of ether oxygens (including phenoxy) is 1. The predicted octanol–water partition coefficient (Wildman–Crippen LogP) is 2.77. The molecule has 1 aromatic rings. The molecule has 128 valence electrons. The van der Waals surface area contributed by atoms with Crippen LogP contribution in [0.4, 0.5) is 0 Å². The maximum atomic E-state index is 11.2. The summed E-state index contributed by atoms with van der Waals surface area (Å²) in [5, 5.41) is 12.7.